The van der Waals surface area contributed by atoms with Crippen molar-refractivity contribution in [1.29, 1.82) is 0 Å². The van der Waals surface area contributed by atoms with Crippen LogP contribution in [0.5, 0.6) is 0 Å². The van der Waals surface area contributed by atoms with Gasteiger partial charge in [0.1, 0.15) is 6.04 Å². The molecule has 0 spiro atoms. The van der Waals surface area contributed by atoms with Crippen LogP contribution in [0.1, 0.15) is 33.1 Å². The zero-order chi connectivity index (χ0) is 13.7. The van der Waals surface area contributed by atoms with Crippen molar-refractivity contribution in [2.45, 2.75) is 39.2 Å². The van der Waals surface area contributed by atoms with Gasteiger partial charge in [0.25, 0.3) is 0 Å². The van der Waals surface area contributed by atoms with Gasteiger partial charge < -0.3 is 15.7 Å². The molecule has 1 saturated heterocycles. The van der Waals surface area contributed by atoms with Crippen molar-refractivity contribution in [3.63, 3.8) is 0 Å². The van der Waals surface area contributed by atoms with E-state index in [1.165, 1.54) is 0 Å². The molecule has 1 unspecified atom stereocenters. The van der Waals surface area contributed by atoms with Crippen LogP contribution in [0.15, 0.2) is 0 Å². The van der Waals surface area contributed by atoms with E-state index in [0.29, 0.717) is 25.8 Å². The van der Waals surface area contributed by atoms with Crippen LogP contribution in [0.2, 0.25) is 0 Å². The fourth-order valence-electron chi connectivity index (χ4n) is 1.94. The Kier molecular flexibility index (Phi) is 5.12. The molecule has 6 nitrogen and oxygen atoms in total. The van der Waals surface area contributed by atoms with E-state index in [-0.39, 0.29) is 23.7 Å². The van der Waals surface area contributed by atoms with Crippen LogP contribution >= 0.6 is 0 Å². The quantitative estimate of drug-likeness (QED) is 0.651. The number of carboxylic acids is 1. The molecule has 0 aromatic heterocycles. The lowest BCUT2D eigenvalue weighted by atomic mass is 9.97. The molecule has 102 valence electrons. The lowest BCUT2D eigenvalue weighted by Crippen LogP contribution is -2.48. The van der Waals surface area contributed by atoms with Crippen molar-refractivity contribution in [3.05, 3.63) is 0 Å². The van der Waals surface area contributed by atoms with Gasteiger partial charge >= 0.3 is 5.97 Å². The molecule has 2 atom stereocenters. The molecular formula is C12H20N2O4. The summed E-state index contributed by atoms with van der Waals surface area (Å²) in [5, 5.41) is 14.2. The predicted octanol–water partition coefficient (Wildman–Crippen LogP) is 0.128. The van der Waals surface area contributed by atoms with Gasteiger partial charge in [0.05, 0.1) is 5.92 Å². The average molecular weight is 256 g/mol. The summed E-state index contributed by atoms with van der Waals surface area (Å²) in [6.45, 7) is 4.10. The Balaban J connectivity index is 2.50. The second kappa shape index (κ2) is 6.37. The van der Waals surface area contributed by atoms with Gasteiger partial charge in [0.15, 0.2) is 0 Å². The molecule has 0 bridgehead atoms. The molecule has 18 heavy (non-hydrogen) atoms. The zero-order valence-corrected chi connectivity index (χ0v) is 10.7. The van der Waals surface area contributed by atoms with E-state index < -0.39 is 12.0 Å². The van der Waals surface area contributed by atoms with E-state index >= 15 is 0 Å². The lowest BCUT2D eigenvalue weighted by molar-refractivity contribution is -0.143. The van der Waals surface area contributed by atoms with Crippen LogP contribution in [0.25, 0.3) is 0 Å². The van der Waals surface area contributed by atoms with E-state index in [0.717, 1.165) is 0 Å². The molecule has 3 N–H and O–H groups in total. The van der Waals surface area contributed by atoms with Crippen molar-refractivity contribution in [1.82, 2.24) is 10.6 Å². The van der Waals surface area contributed by atoms with Gasteiger partial charge in [0, 0.05) is 13.0 Å². The van der Waals surface area contributed by atoms with Crippen molar-refractivity contribution in [2.24, 2.45) is 11.8 Å². The molecule has 0 aromatic carbocycles. The first-order valence-electron chi connectivity index (χ1n) is 6.20. The van der Waals surface area contributed by atoms with E-state index in [9.17, 15) is 14.4 Å². The molecule has 1 fully saturated rings. The summed E-state index contributed by atoms with van der Waals surface area (Å²) in [6, 6.07) is -0.852. The summed E-state index contributed by atoms with van der Waals surface area (Å²) in [5.74, 6) is -1.50. The highest BCUT2D eigenvalue weighted by Crippen LogP contribution is 2.12. The summed E-state index contributed by atoms with van der Waals surface area (Å²) in [7, 11) is 0. The molecule has 1 heterocycles. The van der Waals surface area contributed by atoms with E-state index in [2.05, 4.69) is 10.6 Å². The smallest absolute Gasteiger partial charge is 0.326 e. The summed E-state index contributed by atoms with van der Waals surface area (Å²) < 4.78 is 0. The Labute approximate surface area is 106 Å². The maximum Gasteiger partial charge on any atom is 0.326 e. The molecule has 1 aliphatic heterocycles. The number of carbonyl (C=O) groups excluding carboxylic acids is 2. The number of hydrogen-bond donors (Lipinski definition) is 3. The summed E-state index contributed by atoms with van der Waals surface area (Å²) >= 11 is 0. The number of piperidine rings is 1. The van der Waals surface area contributed by atoms with Crippen molar-refractivity contribution in [3.8, 4) is 0 Å². The number of hydrogen-bond acceptors (Lipinski definition) is 3. The molecule has 0 aliphatic carbocycles. The maximum atomic E-state index is 11.9. The zero-order valence-electron chi connectivity index (χ0n) is 10.7. The van der Waals surface area contributed by atoms with Crippen molar-refractivity contribution < 1.29 is 19.5 Å². The van der Waals surface area contributed by atoms with Crippen LogP contribution in [0.4, 0.5) is 0 Å². The van der Waals surface area contributed by atoms with Crippen LogP contribution in [-0.4, -0.2) is 35.5 Å². The Morgan fingerprint density at radius 2 is 2.17 bits per heavy atom. The van der Waals surface area contributed by atoms with E-state index in [4.69, 9.17) is 5.11 Å². The minimum atomic E-state index is -1.02. The number of carbonyl (C=O) groups is 3. The number of nitrogens with one attached hydrogen (secondary N) is 2. The number of rotatable bonds is 5. The van der Waals surface area contributed by atoms with Crippen LogP contribution in [0.3, 0.4) is 0 Å². The lowest BCUT2D eigenvalue weighted by Gasteiger charge is -2.24. The van der Waals surface area contributed by atoms with Gasteiger partial charge in [-0.05, 0) is 18.8 Å². The second-order valence-corrected chi connectivity index (χ2v) is 5.07. The van der Waals surface area contributed by atoms with E-state index in [1.807, 2.05) is 13.8 Å². The van der Waals surface area contributed by atoms with E-state index in [1.54, 1.807) is 0 Å². The third-order valence-corrected chi connectivity index (χ3v) is 2.96. The fourth-order valence-corrected chi connectivity index (χ4v) is 1.94. The van der Waals surface area contributed by atoms with Gasteiger partial charge in [0.2, 0.25) is 11.8 Å². The second-order valence-electron chi connectivity index (χ2n) is 5.07. The molecule has 1 rings (SSSR count). The normalized spacial score (nSPS) is 21.3. The molecule has 1 aliphatic rings. The molecule has 0 aromatic rings. The van der Waals surface area contributed by atoms with Gasteiger partial charge in [-0.15, -0.1) is 0 Å². The highest BCUT2D eigenvalue weighted by Gasteiger charge is 2.28. The Morgan fingerprint density at radius 3 is 2.61 bits per heavy atom. The standard InChI is InChI=1S/C12H20N2O4/c1-7(2)5-9(12(17)18)14-11(16)8-3-4-10(15)13-6-8/h7-9H,3-6H2,1-2H3,(H,13,15)(H,14,16)(H,17,18)/t8?,9-/m0/s1. The Bertz CT molecular complexity index is 331. The third kappa shape index (κ3) is 4.35. The predicted molar refractivity (Wildman–Crippen MR) is 64.8 cm³/mol. The minimum absolute atomic E-state index is 0.0592. The third-order valence-electron chi connectivity index (χ3n) is 2.96. The first-order chi connectivity index (χ1) is 8.40. The highest BCUT2D eigenvalue weighted by atomic mass is 16.4. The van der Waals surface area contributed by atoms with Gasteiger partial charge in [-0.2, -0.15) is 0 Å². The molecular weight excluding hydrogens is 236 g/mol. The van der Waals surface area contributed by atoms with Crippen LogP contribution in [0, 0.1) is 11.8 Å². The average Bonchev–Trinajstić information content (AvgIpc) is 2.28. The Hall–Kier alpha value is -1.59. The summed E-state index contributed by atoms with van der Waals surface area (Å²) in [5.41, 5.74) is 0. The molecule has 0 radical (unpaired) electrons. The summed E-state index contributed by atoms with van der Waals surface area (Å²) in [6.07, 6.45) is 1.20. The van der Waals surface area contributed by atoms with Gasteiger partial charge in [-0.1, -0.05) is 13.8 Å². The largest absolute Gasteiger partial charge is 0.480 e. The maximum absolute atomic E-state index is 11.9. The van der Waals surface area contributed by atoms with Crippen molar-refractivity contribution >= 4 is 17.8 Å². The highest BCUT2D eigenvalue weighted by molar-refractivity contribution is 5.87. The molecule has 2 amide bonds. The number of aliphatic carboxylic acids is 1. The number of carboxylic acid groups (broad SMARTS) is 1. The monoisotopic (exact) mass is 256 g/mol. The number of amides is 2. The van der Waals surface area contributed by atoms with Crippen LogP contribution < -0.4 is 10.6 Å². The fraction of sp³-hybridized carbons (Fsp3) is 0.750. The Morgan fingerprint density at radius 1 is 1.50 bits per heavy atom. The van der Waals surface area contributed by atoms with Gasteiger partial charge in [-0.3, -0.25) is 9.59 Å². The first-order valence-corrected chi connectivity index (χ1v) is 6.20. The molecule has 6 heteroatoms. The molecule has 0 saturated carbocycles. The van der Waals surface area contributed by atoms with Crippen LogP contribution in [-0.2, 0) is 14.4 Å². The first kappa shape index (κ1) is 14.5. The minimum Gasteiger partial charge on any atom is -0.480 e. The summed E-state index contributed by atoms with van der Waals surface area (Å²) in [4.78, 5) is 33.9. The SMILES string of the molecule is CC(C)C[C@H](NC(=O)C1CCC(=O)NC1)C(=O)O. The van der Waals surface area contributed by atoms with Gasteiger partial charge in [-0.25, -0.2) is 4.79 Å². The van der Waals surface area contributed by atoms with Crippen molar-refractivity contribution in [2.75, 3.05) is 6.54 Å². The topological polar surface area (TPSA) is 95.5 Å².